The molecule has 0 aliphatic heterocycles. The molecule has 114 valence electrons. The van der Waals surface area contributed by atoms with Gasteiger partial charge in [-0.15, -0.1) is 11.3 Å². The van der Waals surface area contributed by atoms with Crippen LogP contribution in [0.15, 0.2) is 30.5 Å². The number of aromatic nitrogens is 1. The van der Waals surface area contributed by atoms with Gasteiger partial charge in [-0.25, -0.2) is 9.78 Å². The summed E-state index contributed by atoms with van der Waals surface area (Å²) in [7, 11) is 3.18. The molecule has 2 rings (SSSR count). The van der Waals surface area contributed by atoms with Crippen LogP contribution in [-0.2, 0) is 4.79 Å². The maximum atomic E-state index is 10.5. The summed E-state index contributed by atoms with van der Waals surface area (Å²) in [6.45, 7) is 0. The summed E-state index contributed by atoms with van der Waals surface area (Å²) in [5.74, 6) is 0.361. The van der Waals surface area contributed by atoms with Gasteiger partial charge in [-0.1, -0.05) is 12.1 Å². The predicted molar refractivity (Wildman–Crippen MR) is 87.3 cm³/mol. The molecule has 5 nitrogen and oxygen atoms in total. The van der Waals surface area contributed by atoms with Gasteiger partial charge < -0.3 is 14.6 Å². The molecular weight excluding hydrogens is 302 g/mol. The topological polar surface area (TPSA) is 68.7 Å². The van der Waals surface area contributed by atoms with E-state index in [2.05, 4.69) is 4.98 Å². The molecule has 22 heavy (non-hydrogen) atoms. The second-order valence-corrected chi connectivity index (χ2v) is 5.31. The van der Waals surface area contributed by atoms with Crippen LogP contribution in [-0.4, -0.2) is 30.3 Å². The molecule has 0 fully saturated rings. The van der Waals surface area contributed by atoms with Crippen molar-refractivity contribution >= 4 is 35.5 Å². The van der Waals surface area contributed by atoms with Gasteiger partial charge in [0.1, 0.15) is 5.01 Å². The fraction of sp³-hybridized carbons (Fsp3) is 0.125. The highest BCUT2D eigenvalue weighted by Crippen LogP contribution is 2.28. The van der Waals surface area contributed by atoms with Crippen molar-refractivity contribution in [2.75, 3.05) is 14.2 Å². The molecule has 0 spiro atoms. The third-order valence-corrected chi connectivity index (χ3v) is 3.69. The molecule has 0 atom stereocenters. The molecule has 0 bridgehead atoms. The lowest BCUT2D eigenvalue weighted by atomic mass is 10.2. The van der Waals surface area contributed by atoms with E-state index in [4.69, 9.17) is 14.6 Å². The molecule has 1 aromatic carbocycles. The van der Waals surface area contributed by atoms with E-state index in [-0.39, 0.29) is 0 Å². The third-order valence-electron chi connectivity index (χ3n) is 2.76. The Kier molecular flexibility index (Phi) is 5.32. The van der Waals surface area contributed by atoms with Gasteiger partial charge in [-0.3, -0.25) is 0 Å². The maximum Gasteiger partial charge on any atom is 0.328 e. The molecule has 2 aromatic rings. The van der Waals surface area contributed by atoms with E-state index in [1.54, 1.807) is 20.4 Å². The lowest BCUT2D eigenvalue weighted by Crippen LogP contribution is -1.90. The quantitative estimate of drug-likeness (QED) is 0.827. The number of thiazole rings is 1. The average molecular weight is 317 g/mol. The van der Waals surface area contributed by atoms with Crippen molar-refractivity contribution in [2.45, 2.75) is 0 Å². The van der Waals surface area contributed by atoms with Crippen molar-refractivity contribution in [3.63, 3.8) is 0 Å². The predicted octanol–water partition coefficient (Wildman–Crippen LogP) is 3.43. The van der Waals surface area contributed by atoms with Gasteiger partial charge in [-0.2, -0.15) is 0 Å². The summed E-state index contributed by atoms with van der Waals surface area (Å²) in [5.41, 5.74) is 0.954. The van der Waals surface area contributed by atoms with Gasteiger partial charge in [0.2, 0.25) is 0 Å². The fourth-order valence-corrected chi connectivity index (χ4v) is 2.46. The highest BCUT2D eigenvalue weighted by atomic mass is 32.1. The molecule has 0 unspecified atom stereocenters. The number of carbonyl (C=O) groups is 1. The Labute approximate surface area is 132 Å². The minimum atomic E-state index is -0.976. The van der Waals surface area contributed by atoms with Gasteiger partial charge in [0.25, 0.3) is 0 Å². The zero-order valence-corrected chi connectivity index (χ0v) is 13.0. The van der Waals surface area contributed by atoms with Crippen LogP contribution in [0.4, 0.5) is 0 Å². The van der Waals surface area contributed by atoms with E-state index in [1.165, 1.54) is 17.4 Å². The Hall–Kier alpha value is -2.60. The number of carboxylic acids is 1. The number of ether oxygens (including phenoxy) is 2. The van der Waals surface area contributed by atoms with Crippen molar-refractivity contribution in [2.24, 2.45) is 0 Å². The first-order chi connectivity index (χ1) is 10.6. The normalized spacial score (nSPS) is 11.2. The number of aliphatic carboxylic acids is 1. The minimum absolute atomic E-state index is 0.661. The van der Waals surface area contributed by atoms with Gasteiger partial charge >= 0.3 is 5.97 Å². The van der Waals surface area contributed by atoms with E-state index < -0.39 is 5.97 Å². The number of nitrogens with zero attached hydrogens (tertiary/aromatic N) is 1. The number of hydrogen-bond donors (Lipinski definition) is 1. The first kappa shape index (κ1) is 15.8. The van der Waals surface area contributed by atoms with Crippen LogP contribution in [0.25, 0.3) is 18.2 Å². The molecular formula is C16H15NO4S. The van der Waals surface area contributed by atoms with Gasteiger partial charge in [0.05, 0.1) is 14.2 Å². The number of hydrogen-bond acceptors (Lipinski definition) is 5. The van der Waals surface area contributed by atoms with Crippen LogP contribution < -0.4 is 9.47 Å². The fourth-order valence-electron chi connectivity index (χ4n) is 1.73. The molecule has 6 heteroatoms. The smallest absolute Gasteiger partial charge is 0.328 e. The van der Waals surface area contributed by atoms with Crippen LogP contribution in [0.5, 0.6) is 11.5 Å². The van der Waals surface area contributed by atoms with E-state index in [0.717, 1.165) is 21.5 Å². The van der Waals surface area contributed by atoms with Crippen molar-refractivity contribution in [1.29, 1.82) is 0 Å². The van der Waals surface area contributed by atoms with Gasteiger partial charge in [0.15, 0.2) is 11.5 Å². The summed E-state index contributed by atoms with van der Waals surface area (Å²) < 4.78 is 10.4. The SMILES string of the molecule is COc1ccc(/C=C/c2ncc(/C=C\C(=O)O)s2)cc1OC. The van der Waals surface area contributed by atoms with Crippen molar-refractivity contribution in [1.82, 2.24) is 4.98 Å². The largest absolute Gasteiger partial charge is 0.493 e. The second kappa shape index (κ2) is 7.42. The summed E-state index contributed by atoms with van der Waals surface area (Å²) in [4.78, 5) is 15.5. The molecule has 0 saturated carbocycles. The average Bonchev–Trinajstić information content (AvgIpc) is 2.98. The highest BCUT2D eigenvalue weighted by molar-refractivity contribution is 7.13. The lowest BCUT2D eigenvalue weighted by Gasteiger charge is -2.07. The molecule has 0 radical (unpaired) electrons. The number of carboxylic acid groups (broad SMARTS) is 1. The second-order valence-electron chi connectivity index (χ2n) is 4.22. The molecule has 1 aromatic heterocycles. The lowest BCUT2D eigenvalue weighted by molar-refractivity contribution is -0.131. The summed E-state index contributed by atoms with van der Waals surface area (Å²) in [5, 5.41) is 9.38. The first-order valence-corrected chi connectivity index (χ1v) is 7.21. The first-order valence-electron chi connectivity index (χ1n) is 6.39. The summed E-state index contributed by atoms with van der Waals surface area (Å²) in [6, 6.07) is 5.62. The standard InChI is InChI=1S/C16H15NO4S/c1-20-13-6-3-11(9-14(13)21-2)4-7-15-17-10-12(22-15)5-8-16(18)19/h3-10H,1-2H3,(H,18,19)/b7-4+,8-5-. The zero-order chi connectivity index (χ0) is 15.9. The van der Waals surface area contributed by atoms with Crippen molar-refractivity contribution in [3.05, 3.63) is 45.9 Å². The summed E-state index contributed by atoms with van der Waals surface area (Å²) in [6.07, 6.45) is 8.02. The molecule has 1 N–H and O–H groups in total. The van der Waals surface area contributed by atoms with E-state index in [9.17, 15) is 4.79 Å². The third kappa shape index (κ3) is 4.20. The number of methoxy groups -OCH3 is 2. The highest BCUT2D eigenvalue weighted by Gasteiger charge is 2.03. The Morgan fingerprint density at radius 3 is 2.64 bits per heavy atom. The summed E-state index contributed by atoms with van der Waals surface area (Å²) >= 11 is 1.41. The zero-order valence-electron chi connectivity index (χ0n) is 12.1. The Morgan fingerprint density at radius 2 is 1.95 bits per heavy atom. The maximum absolute atomic E-state index is 10.5. The monoisotopic (exact) mass is 317 g/mol. The van der Waals surface area contributed by atoms with Crippen molar-refractivity contribution < 1.29 is 19.4 Å². The molecule has 0 aliphatic carbocycles. The van der Waals surface area contributed by atoms with Crippen LogP contribution in [0.1, 0.15) is 15.4 Å². The Balaban J connectivity index is 2.13. The molecule has 0 saturated heterocycles. The van der Waals surface area contributed by atoms with Crippen LogP contribution in [0, 0.1) is 0 Å². The van der Waals surface area contributed by atoms with E-state index in [0.29, 0.717) is 11.5 Å². The van der Waals surface area contributed by atoms with Gasteiger partial charge in [-0.05, 0) is 29.8 Å². The number of rotatable bonds is 6. The van der Waals surface area contributed by atoms with Crippen LogP contribution in [0.3, 0.4) is 0 Å². The Bertz CT molecular complexity index is 719. The van der Waals surface area contributed by atoms with Crippen LogP contribution >= 0.6 is 11.3 Å². The number of benzene rings is 1. The molecule has 0 amide bonds. The molecule has 1 heterocycles. The van der Waals surface area contributed by atoms with Crippen LogP contribution in [0.2, 0.25) is 0 Å². The molecule has 0 aliphatic rings. The Morgan fingerprint density at radius 1 is 1.18 bits per heavy atom. The van der Waals surface area contributed by atoms with Gasteiger partial charge in [0, 0.05) is 17.2 Å². The van der Waals surface area contributed by atoms with E-state index >= 15 is 0 Å². The van der Waals surface area contributed by atoms with E-state index in [1.807, 2.05) is 30.4 Å². The van der Waals surface area contributed by atoms with Crippen molar-refractivity contribution in [3.8, 4) is 11.5 Å². The minimum Gasteiger partial charge on any atom is -0.493 e.